The van der Waals surface area contributed by atoms with Crippen molar-refractivity contribution in [1.29, 1.82) is 0 Å². The molecule has 0 bridgehead atoms. The van der Waals surface area contributed by atoms with Crippen molar-refractivity contribution in [3.63, 3.8) is 0 Å². The summed E-state index contributed by atoms with van der Waals surface area (Å²) in [6, 6.07) is 12.6. The molecule has 8 nitrogen and oxygen atoms in total. The zero-order chi connectivity index (χ0) is 25.4. The quantitative estimate of drug-likeness (QED) is 0.450. The van der Waals surface area contributed by atoms with Crippen molar-refractivity contribution in [2.45, 2.75) is 58.2 Å². The molecule has 5 rings (SSSR count). The van der Waals surface area contributed by atoms with Gasteiger partial charge in [0.05, 0.1) is 12.1 Å². The van der Waals surface area contributed by atoms with Gasteiger partial charge in [-0.25, -0.2) is 4.79 Å². The summed E-state index contributed by atoms with van der Waals surface area (Å²) < 4.78 is 7.42. The van der Waals surface area contributed by atoms with Crippen LogP contribution < -0.4 is 15.3 Å². The molecule has 8 heteroatoms. The Morgan fingerprint density at radius 1 is 1.14 bits per heavy atom. The average molecular weight is 487 g/mol. The molecule has 0 N–H and O–H groups in total. The fourth-order valence-corrected chi connectivity index (χ4v) is 5.19. The lowest BCUT2D eigenvalue weighted by molar-refractivity contribution is 0.105. The molecule has 1 aromatic carbocycles. The second kappa shape index (κ2) is 9.90. The normalized spacial score (nSPS) is 21.4. The number of rotatable bonds is 7. The lowest BCUT2D eigenvalue weighted by atomic mass is 9.98. The molecular weight excluding hydrogens is 452 g/mol. The van der Waals surface area contributed by atoms with Gasteiger partial charge in [-0.05, 0) is 68.9 Å². The first-order valence-corrected chi connectivity index (χ1v) is 12.9. The third kappa shape index (κ3) is 4.68. The summed E-state index contributed by atoms with van der Waals surface area (Å²) in [5.74, 6) is 2.57. The van der Waals surface area contributed by atoms with E-state index >= 15 is 0 Å². The second-order valence-corrected chi connectivity index (χ2v) is 10.2. The van der Waals surface area contributed by atoms with Crippen LogP contribution in [-0.2, 0) is 7.05 Å². The minimum atomic E-state index is -0.310. The van der Waals surface area contributed by atoms with Crippen molar-refractivity contribution in [3.05, 3.63) is 63.9 Å². The molecule has 3 aromatic rings. The van der Waals surface area contributed by atoms with Crippen LogP contribution in [0.25, 0.3) is 15.9 Å². The highest BCUT2D eigenvalue weighted by Gasteiger charge is 2.36. The fraction of sp³-hybridized carbons (Fsp3) is 0.500. The monoisotopic (exact) mass is 486 g/mol. The molecule has 2 aromatic heterocycles. The first-order valence-electron chi connectivity index (χ1n) is 12.9. The summed E-state index contributed by atoms with van der Waals surface area (Å²) in [6.07, 6.45) is 3.55. The Hall–Kier alpha value is -3.44. The van der Waals surface area contributed by atoms with Crippen molar-refractivity contribution < 1.29 is 4.74 Å². The van der Waals surface area contributed by atoms with E-state index in [4.69, 9.17) is 11.3 Å². The first-order chi connectivity index (χ1) is 17.4. The second-order valence-electron chi connectivity index (χ2n) is 10.2. The van der Waals surface area contributed by atoms with Crippen LogP contribution in [0.4, 0.5) is 11.6 Å². The highest BCUT2D eigenvalue weighted by Crippen LogP contribution is 2.34. The van der Waals surface area contributed by atoms with Crippen molar-refractivity contribution in [3.8, 4) is 5.75 Å². The standard InChI is InChI=1S/C28H34N6O2/c1-6-22-16-33(27-26-24(32(5)28(35)31-27)13-14-25(29-4)30-26)18(2)15-34(22)19(3)21-9-11-23(12-10-21)36-17-20-7-8-20/h9-14,18-20,22H,6-8,15-17H2,1-3,5H3/t18-,19?,22+/m0/s1. The molecular formula is C28H34N6O2. The van der Waals surface area contributed by atoms with Gasteiger partial charge in [0.2, 0.25) is 5.52 Å². The van der Waals surface area contributed by atoms with Crippen LogP contribution in [0.5, 0.6) is 5.75 Å². The van der Waals surface area contributed by atoms with E-state index < -0.39 is 0 Å². The predicted octanol–water partition coefficient (Wildman–Crippen LogP) is 4.72. The number of hydrogen-bond acceptors (Lipinski definition) is 6. The Balaban J connectivity index is 1.39. The van der Waals surface area contributed by atoms with Crippen LogP contribution in [0.15, 0.2) is 41.2 Å². The largest absolute Gasteiger partial charge is 0.493 e. The number of ether oxygens (including phenoxy) is 1. The van der Waals surface area contributed by atoms with Crippen LogP contribution in [0.1, 0.15) is 51.6 Å². The Labute approximate surface area is 212 Å². The molecule has 188 valence electrons. The maximum atomic E-state index is 12.7. The van der Waals surface area contributed by atoms with Crippen LogP contribution >= 0.6 is 0 Å². The van der Waals surface area contributed by atoms with Gasteiger partial charge in [0.1, 0.15) is 5.75 Å². The Morgan fingerprint density at radius 3 is 2.56 bits per heavy atom. The number of fused-ring (bicyclic) bond motifs is 1. The van der Waals surface area contributed by atoms with Crippen molar-refractivity contribution >= 4 is 22.7 Å². The van der Waals surface area contributed by atoms with Gasteiger partial charge in [-0.3, -0.25) is 9.47 Å². The van der Waals surface area contributed by atoms with Gasteiger partial charge < -0.3 is 14.5 Å². The average Bonchev–Trinajstić information content (AvgIpc) is 3.74. The lowest BCUT2D eigenvalue weighted by Crippen LogP contribution is -2.58. The van der Waals surface area contributed by atoms with Crippen LogP contribution in [0.3, 0.4) is 0 Å². The number of aromatic nitrogens is 3. The smallest absolute Gasteiger partial charge is 0.350 e. The minimum absolute atomic E-state index is 0.123. The molecule has 1 unspecified atom stereocenters. The van der Waals surface area contributed by atoms with Crippen molar-refractivity contribution in [1.82, 2.24) is 19.4 Å². The number of hydrogen-bond donors (Lipinski definition) is 0. The summed E-state index contributed by atoms with van der Waals surface area (Å²) in [7, 11) is 1.70. The topological polar surface area (TPSA) is 67.9 Å². The number of pyridine rings is 1. The van der Waals surface area contributed by atoms with E-state index in [1.54, 1.807) is 19.2 Å². The molecule has 1 aliphatic carbocycles. The number of aryl methyl sites for hydroxylation is 1. The number of anilines is 1. The molecule has 1 saturated heterocycles. The van der Waals surface area contributed by atoms with Gasteiger partial charge in [-0.15, -0.1) is 4.98 Å². The Kier molecular flexibility index (Phi) is 6.67. The van der Waals surface area contributed by atoms with Crippen LogP contribution in [-0.4, -0.2) is 51.2 Å². The molecule has 3 atom stereocenters. The van der Waals surface area contributed by atoms with Crippen LogP contribution in [0.2, 0.25) is 0 Å². The maximum Gasteiger partial charge on any atom is 0.350 e. The minimum Gasteiger partial charge on any atom is -0.493 e. The highest BCUT2D eigenvalue weighted by molar-refractivity contribution is 5.87. The molecule has 0 radical (unpaired) electrons. The third-order valence-corrected chi connectivity index (χ3v) is 7.70. The van der Waals surface area contributed by atoms with E-state index in [1.807, 2.05) is 0 Å². The molecule has 2 fully saturated rings. The van der Waals surface area contributed by atoms with E-state index in [2.05, 4.69) is 69.6 Å². The highest BCUT2D eigenvalue weighted by atomic mass is 16.5. The lowest BCUT2D eigenvalue weighted by Gasteiger charge is -2.48. The summed E-state index contributed by atoms with van der Waals surface area (Å²) in [4.78, 5) is 29.9. The first kappa shape index (κ1) is 24.3. The molecule has 36 heavy (non-hydrogen) atoms. The van der Waals surface area contributed by atoms with Gasteiger partial charge in [0, 0.05) is 38.3 Å². The molecule has 1 aliphatic heterocycles. The third-order valence-electron chi connectivity index (χ3n) is 7.70. The summed E-state index contributed by atoms with van der Waals surface area (Å²) >= 11 is 0. The van der Waals surface area contributed by atoms with Gasteiger partial charge in [-0.1, -0.05) is 25.6 Å². The zero-order valence-electron chi connectivity index (χ0n) is 21.5. The van der Waals surface area contributed by atoms with Crippen molar-refractivity contribution in [2.75, 3.05) is 24.6 Å². The molecule has 0 spiro atoms. The summed E-state index contributed by atoms with van der Waals surface area (Å²) in [6.45, 7) is 16.4. The number of nitrogens with zero attached hydrogens (tertiary/aromatic N) is 6. The van der Waals surface area contributed by atoms with E-state index in [-0.39, 0.29) is 23.8 Å². The predicted molar refractivity (Wildman–Crippen MR) is 142 cm³/mol. The Bertz CT molecular complexity index is 1340. The van der Waals surface area contributed by atoms with Gasteiger partial charge in [0.15, 0.2) is 5.82 Å². The van der Waals surface area contributed by atoms with Gasteiger partial charge in [0.25, 0.3) is 5.82 Å². The number of piperazine rings is 1. The maximum absolute atomic E-state index is 12.7. The molecule has 2 aliphatic rings. The van der Waals surface area contributed by atoms with E-state index in [0.717, 1.165) is 37.8 Å². The van der Waals surface area contributed by atoms with Gasteiger partial charge >= 0.3 is 5.69 Å². The zero-order valence-corrected chi connectivity index (χ0v) is 21.5. The molecule has 1 saturated carbocycles. The molecule has 0 amide bonds. The SMILES string of the molecule is [C-]#[N+]c1ccc2c(n1)c(N1C[C@@H](CC)N(C(C)c3ccc(OCC4CC4)cc3)C[C@@H]1C)nc(=O)n2C. The van der Waals surface area contributed by atoms with E-state index in [9.17, 15) is 4.79 Å². The summed E-state index contributed by atoms with van der Waals surface area (Å²) in [5, 5.41) is 0. The van der Waals surface area contributed by atoms with Crippen LogP contribution in [0, 0.1) is 12.5 Å². The summed E-state index contributed by atoms with van der Waals surface area (Å²) in [5.41, 5.74) is 2.26. The van der Waals surface area contributed by atoms with E-state index in [1.165, 1.54) is 23.0 Å². The number of benzene rings is 1. The van der Waals surface area contributed by atoms with Crippen molar-refractivity contribution in [2.24, 2.45) is 13.0 Å². The van der Waals surface area contributed by atoms with E-state index in [0.29, 0.717) is 22.7 Å². The molecule has 3 heterocycles. The Morgan fingerprint density at radius 2 is 1.89 bits per heavy atom. The fourth-order valence-electron chi connectivity index (χ4n) is 5.19. The van der Waals surface area contributed by atoms with Gasteiger partial charge in [-0.2, -0.15) is 4.98 Å².